The van der Waals surface area contributed by atoms with E-state index in [0.29, 0.717) is 11.7 Å². The van der Waals surface area contributed by atoms with Crippen molar-refractivity contribution in [3.05, 3.63) is 53.7 Å². The fourth-order valence-electron chi connectivity index (χ4n) is 4.60. The maximum Gasteiger partial charge on any atom is 0.417 e. The predicted octanol–water partition coefficient (Wildman–Crippen LogP) is 6.45. The lowest BCUT2D eigenvalue weighted by molar-refractivity contribution is -0.137. The summed E-state index contributed by atoms with van der Waals surface area (Å²) in [5.74, 6) is 0.972. The van der Waals surface area contributed by atoms with Crippen molar-refractivity contribution in [1.82, 2.24) is 20.2 Å². The van der Waals surface area contributed by atoms with Crippen molar-refractivity contribution >= 4 is 11.7 Å². The summed E-state index contributed by atoms with van der Waals surface area (Å²) in [6.45, 7) is 6.18. The van der Waals surface area contributed by atoms with Crippen LogP contribution in [-0.4, -0.2) is 44.9 Å². The van der Waals surface area contributed by atoms with E-state index in [1.807, 2.05) is 20.8 Å². The summed E-state index contributed by atoms with van der Waals surface area (Å²) in [6.07, 6.45) is 3.40. The number of benzene rings is 1. The van der Waals surface area contributed by atoms with Gasteiger partial charge in [0.2, 0.25) is 5.82 Å². The minimum Gasteiger partial charge on any atom is -0.491 e. The number of nitrogens with one attached hydrogen (secondary N) is 2. The van der Waals surface area contributed by atoms with E-state index in [9.17, 15) is 18.0 Å². The Balaban J connectivity index is 1.48. The van der Waals surface area contributed by atoms with Gasteiger partial charge in [-0.2, -0.15) is 13.2 Å². The van der Waals surface area contributed by atoms with Crippen LogP contribution in [0.4, 0.5) is 19.0 Å². The smallest absolute Gasteiger partial charge is 0.417 e. The number of nitrogens with zero attached hydrogens (tertiary/aromatic N) is 3. The zero-order chi connectivity index (χ0) is 28.0. The third kappa shape index (κ3) is 8.26. The average Bonchev–Trinajstić information content (AvgIpc) is 3.35. The van der Waals surface area contributed by atoms with Gasteiger partial charge in [-0.25, -0.2) is 4.98 Å². The molecular formula is C28H34F3N5O3. The lowest BCUT2D eigenvalue weighted by atomic mass is 9.87. The molecule has 1 aromatic carbocycles. The van der Waals surface area contributed by atoms with Gasteiger partial charge in [-0.1, -0.05) is 32.1 Å². The Hall–Kier alpha value is -3.47. The highest BCUT2D eigenvalue weighted by Gasteiger charge is 2.34. The molecule has 0 radical (unpaired) electrons. The summed E-state index contributed by atoms with van der Waals surface area (Å²) in [6, 6.07) is 6.42. The number of aromatic amines is 1. The van der Waals surface area contributed by atoms with Gasteiger partial charge in [0.25, 0.3) is 5.91 Å². The van der Waals surface area contributed by atoms with Crippen molar-refractivity contribution in [2.75, 3.05) is 18.5 Å². The number of amides is 1. The van der Waals surface area contributed by atoms with Crippen LogP contribution in [0.15, 0.2) is 36.5 Å². The molecule has 1 amide bonds. The molecule has 2 heterocycles. The largest absolute Gasteiger partial charge is 0.491 e. The molecule has 3 aromatic rings. The maximum atomic E-state index is 13.8. The molecule has 2 N–H and O–H groups in total. The molecule has 2 aromatic heterocycles. The monoisotopic (exact) mass is 545 g/mol. The molecule has 0 aliphatic heterocycles. The Morgan fingerprint density at radius 3 is 2.54 bits per heavy atom. The average molecular weight is 546 g/mol. The number of rotatable bonds is 9. The molecule has 210 valence electrons. The van der Waals surface area contributed by atoms with Crippen LogP contribution in [0.25, 0.3) is 11.1 Å². The standard InChI is InChI=1S/C28H34F3N5O3/c1-27(2,3)39-14-13-38-20-9-10-22(28(29,30)31)21(17-20)19-11-12-32-23(16-19)34-26(37)25-33-24(35-36-25)15-18-7-5-4-6-8-18/h9-12,16-18H,4-8,13-15H2,1-3H3,(H,32,34,37)(H,33,35,36). The first kappa shape index (κ1) is 28.5. The van der Waals surface area contributed by atoms with Gasteiger partial charge >= 0.3 is 6.18 Å². The van der Waals surface area contributed by atoms with Crippen LogP contribution in [0, 0.1) is 5.92 Å². The molecule has 0 spiro atoms. The van der Waals surface area contributed by atoms with E-state index in [4.69, 9.17) is 9.47 Å². The molecule has 39 heavy (non-hydrogen) atoms. The second-order valence-corrected chi connectivity index (χ2v) is 10.7. The molecule has 0 atom stereocenters. The highest BCUT2D eigenvalue weighted by atomic mass is 19.4. The number of pyridine rings is 1. The van der Waals surface area contributed by atoms with Gasteiger partial charge in [0, 0.05) is 12.6 Å². The number of H-pyrrole nitrogens is 1. The third-order valence-corrected chi connectivity index (χ3v) is 6.45. The summed E-state index contributed by atoms with van der Waals surface area (Å²) in [5.41, 5.74) is -1.05. The molecule has 8 nitrogen and oxygen atoms in total. The molecule has 0 unspecified atom stereocenters. The number of hydrogen-bond acceptors (Lipinski definition) is 6. The number of hydrogen-bond donors (Lipinski definition) is 2. The van der Waals surface area contributed by atoms with Gasteiger partial charge in [-0.3, -0.25) is 4.79 Å². The topological polar surface area (TPSA) is 102 Å². The predicted molar refractivity (Wildman–Crippen MR) is 140 cm³/mol. The summed E-state index contributed by atoms with van der Waals surface area (Å²) in [7, 11) is 0. The molecular weight excluding hydrogens is 511 g/mol. The zero-order valence-electron chi connectivity index (χ0n) is 22.4. The number of carbonyl (C=O) groups excluding carboxylic acids is 1. The SMILES string of the molecule is CC(C)(C)OCCOc1ccc(C(F)(F)F)c(-c2ccnc(NC(=O)c3nnc(CC4CCCCC4)[nH]3)c2)c1. The van der Waals surface area contributed by atoms with Crippen molar-refractivity contribution in [3.63, 3.8) is 0 Å². The number of alkyl halides is 3. The van der Waals surface area contributed by atoms with E-state index in [0.717, 1.165) is 25.3 Å². The number of anilines is 1. The number of halogens is 3. The second kappa shape index (κ2) is 12.1. The highest BCUT2D eigenvalue weighted by molar-refractivity contribution is 6.01. The van der Waals surface area contributed by atoms with Crippen molar-refractivity contribution in [2.24, 2.45) is 5.92 Å². The lowest BCUT2D eigenvalue weighted by Gasteiger charge is -2.20. The van der Waals surface area contributed by atoms with Crippen LogP contribution in [0.5, 0.6) is 5.75 Å². The Kier molecular flexibility index (Phi) is 8.89. The van der Waals surface area contributed by atoms with Gasteiger partial charge in [-0.15, -0.1) is 10.2 Å². The van der Waals surface area contributed by atoms with E-state index in [-0.39, 0.29) is 47.3 Å². The minimum absolute atomic E-state index is 0.0249. The Morgan fingerprint density at radius 2 is 1.82 bits per heavy atom. The quantitative estimate of drug-likeness (QED) is 0.300. The van der Waals surface area contributed by atoms with Gasteiger partial charge in [0.05, 0.1) is 17.8 Å². The number of carbonyl (C=O) groups is 1. The fourth-order valence-corrected chi connectivity index (χ4v) is 4.60. The normalized spacial score (nSPS) is 14.8. The van der Waals surface area contributed by atoms with Crippen molar-refractivity contribution in [3.8, 4) is 16.9 Å². The summed E-state index contributed by atoms with van der Waals surface area (Å²) in [5, 5.41) is 10.6. The van der Waals surface area contributed by atoms with Crippen LogP contribution in [0.1, 0.15) is 74.9 Å². The highest BCUT2D eigenvalue weighted by Crippen LogP contribution is 2.39. The fraction of sp³-hybridized carbons (Fsp3) is 0.500. The Labute approximate surface area is 225 Å². The van der Waals surface area contributed by atoms with E-state index >= 15 is 0 Å². The molecule has 1 fully saturated rings. The van der Waals surface area contributed by atoms with Gasteiger partial charge in [0.1, 0.15) is 24.0 Å². The lowest BCUT2D eigenvalue weighted by Crippen LogP contribution is -2.22. The molecule has 1 aliphatic rings. The van der Waals surface area contributed by atoms with Crippen LogP contribution < -0.4 is 10.1 Å². The molecule has 1 saturated carbocycles. The Morgan fingerprint density at radius 1 is 1.05 bits per heavy atom. The van der Waals surface area contributed by atoms with E-state index < -0.39 is 17.6 Å². The van der Waals surface area contributed by atoms with E-state index in [2.05, 4.69) is 25.5 Å². The summed E-state index contributed by atoms with van der Waals surface area (Å²) < 4.78 is 52.8. The first-order valence-corrected chi connectivity index (χ1v) is 13.2. The van der Waals surface area contributed by atoms with E-state index in [1.165, 1.54) is 49.7 Å². The third-order valence-electron chi connectivity index (χ3n) is 6.45. The van der Waals surface area contributed by atoms with Crippen LogP contribution >= 0.6 is 0 Å². The van der Waals surface area contributed by atoms with E-state index in [1.54, 1.807) is 0 Å². The molecule has 0 saturated heterocycles. The first-order chi connectivity index (χ1) is 18.5. The van der Waals surface area contributed by atoms with Gasteiger partial charge in [0.15, 0.2) is 0 Å². The summed E-state index contributed by atoms with van der Waals surface area (Å²) >= 11 is 0. The minimum atomic E-state index is -4.59. The maximum absolute atomic E-state index is 13.8. The van der Waals surface area contributed by atoms with Crippen molar-refractivity contribution < 1.29 is 27.4 Å². The van der Waals surface area contributed by atoms with Crippen molar-refractivity contribution in [2.45, 2.75) is 71.1 Å². The zero-order valence-corrected chi connectivity index (χ0v) is 22.4. The number of aromatic nitrogens is 4. The molecule has 4 rings (SSSR count). The molecule has 11 heteroatoms. The molecule has 1 aliphatic carbocycles. The van der Waals surface area contributed by atoms with Gasteiger partial charge in [-0.05, 0) is 68.1 Å². The van der Waals surface area contributed by atoms with Crippen molar-refractivity contribution in [1.29, 1.82) is 0 Å². The Bertz CT molecular complexity index is 1260. The van der Waals surface area contributed by atoms with Crippen LogP contribution in [0.3, 0.4) is 0 Å². The molecule has 0 bridgehead atoms. The first-order valence-electron chi connectivity index (χ1n) is 13.2. The van der Waals surface area contributed by atoms with Crippen LogP contribution in [-0.2, 0) is 17.3 Å². The van der Waals surface area contributed by atoms with Gasteiger partial charge < -0.3 is 19.8 Å². The van der Waals surface area contributed by atoms with Crippen LogP contribution in [0.2, 0.25) is 0 Å². The second-order valence-electron chi connectivity index (χ2n) is 10.7. The summed E-state index contributed by atoms with van der Waals surface area (Å²) in [4.78, 5) is 19.8. The number of ether oxygens (including phenoxy) is 2.